The summed E-state index contributed by atoms with van der Waals surface area (Å²) in [6, 6.07) is 3.57. The zero-order chi connectivity index (χ0) is 15.5. The molecule has 1 amide bonds. The summed E-state index contributed by atoms with van der Waals surface area (Å²) in [6.45, 7) is 1.80. The quantitative estimate of drug-likeness (QED) is 0.888. The molecular formula is C16H21FN2O3. The van der Waals surface area contributed by atoms with Crippen molar-refractivity contribution in [3.63, 3.8) is 0 Å². The Morgan fingerprint density at radius 1 is 1.27 bits per heavy atom. The van der Waals surface area contributed by atoms with E-state index in [1.54, 1.807) is 6.07 Å². The van der Waals surface area contributed by atoms with Gasteiger partial charge < -0.3 is 20.5 Å². The summed E-state index contributed by atoms with van der Waals surface area (Å²) in [5, 5.41) is 2.95. The minimum Gasteiger partial charge on any atom is -0.493 e. The Balaban J connectivity index is 1.68. The molecule has 0 spiro atoms. The number of hydrogen-bond donors (Lipinski definition) is 2. The van der Waals surface area contributed by atoms with Gasteiger partial charge in [0.2, 0.25) is 5.91 Å². The van der Waals surface area contributed by atoms with Gasteiger partial charge in [-0.1, -0.05) is 0 Å². The predicted octanol–water partition coefficient (Wildman–Crippen LogP) is 1.52. The summed E-state index contributed by atoms with van der Waals surface area (Å²) >= 11 is 0. The summed E-state index contributed by atoms with van der Waals surface area (Å²) in [5.74, 6) is 0.240. The summed E-state index contributed by atoms with van der Waals surface area (Å²) < 4.78 is 24.2. The van der Waals surface area contributed by atoms with E-state index in [2.05, 4.69) is 5.32 Å². The number of rotatable bonds is 3. The van der Waals surface area contributed by atoms with E-state index in [-0.39, 0.29) is 23.7 Å². The minimum absolute atomic E-state index is 0.139. The lowest BCUT2D eigenvalue weighted by atomic mass is 9.91. The van der Waals surface area contributed by atoms with E-state index in [0.717, 1.165) is 12.8 Å². The van der Waals surface area contributed by atoms with E-state index in [1.807, 2.05) is 0 Å². The van der Waals surface area contributed by atoms with Gasteiger partial charge in [0, 0.05) is 25.2 Å². The molecule has 120 valence electrons. The number of fused-ring (bicyclic) bond motifs is 1. The lowest BCUT2D eigenvalue weighted by Gasteiger charge is -2.30. The van der Waals surface area contributed by atoms with E-state index < -0.39 is 6.04 Å². The number of amides is 1. The Kier molecular flexibility index (Phi) is 4.59. The van der Waals surface area contributed by atoms with Crippen molar-refractivity contribution in [2.24, 2.45) is 11.7 Å². The van der Waals surface area contributed by atoms with Crippen LogP contribution in [0.1, 0.15) is 30.9 Å². The Morgan fingerprint density at radius 2 is 2.05 bits per heavy atom. The van der Waals surface area contributed by atoms with Crippen molar-refractivity contribution >= 4 is 5.91 Å². The fourth-order valence-electron chi connectivity index (χ4n) is 3.07. The normalized spacial score (nSPS) is 23.3. The van der Waals surface area contributed by atoms with Crippen molar-refractivity contribution < 1.29 is 18.7 Å². The Morgan fingerprint density at radius 3 is 2.82 bits per heavy atom. The third-order valence-electron chi connectivity index (χ3n) is 4.40. The number of carbonyl (C=O) groups is 1. The molecule has 22 heavy (non-hydrogen) atoms. The number of nitrogens with two attached hydrogens (primary N) is 1. The molecular weight excluding hydrogens is 287 g/mol. The maximum absolute atomic E-state index is 13.4. The molecule has 0 saturated carbocycles. The Bertz CT molecular complexity index is 546. The minimum atomic E-state index is -0.552. The SMILES string of the molecule is NC(C(=O)NC1CCOc2ccc(F)cc21)C1CCOCC1. The zero-order valence-corrected chi connectivity index (χ0v) is 12.4. The van der Waals surface area contributed by atoms with E-state index in [1.165, 1.54) is 12.1 Å². The molecule has 0 aromatic heterocycles. The number of benzene rings is 1. The van der Waals surface area contributed by atoms with Crippen molar-refractivity contribution in [1.82, 2.24) is 5.32 Å². The van der Waals surface area contributed by atoms with Crippen LogP contribution >= 0.6 is 0 Å². The van der Waals surface area contributed by atoms with Crippen molar-refractivity contribution in [2.75, 3.05) is 19.8 Å². The Labute approximate surface area is 129 Å². The van der Waals surface area contributed by atoms with Gasteiger partial charge in [0.25, 0.3) is 0 Å². The topological polar surface area (TPSA) is 73.6 Å². The molecule has 5 nitrogen and oxygen atoms in total. The van der Waals surface area contributed by atoms with Crippen molar-refractivity contribution in [3.05, 3.63) is 29.6 Å². The highest BCUT2D eigenvalue weighted by molar-refractivity contribution is 5.82. The van der Waals surface area contributed by atoms with Crippen LogP contribution in [0.3, 0.4) is 0 Å². The molecule has 0 radical (unpaired) electrons. The summed E-state index contributed by atoms with van der Waals surface area (Å²) in [6.07, 6.45) is 2.21. The fraction of sp³-hybridized carbons (Fsp3) is 0.562. The van der Waals surface area contributed by atoms with E-state index in [9.17, 15) is 9.18 Å². The highest BCUT2D eigenvalue weighted by atomic mass is 19.1. The largest absolute Gasteiger partial charge is 0.493 e. The molecule has 3 N–H and O–H groups in total. The molecule has 2 atom stereocenters. The number of ether oxygens (including phenoxy) is 2. The first-order valence-electron chi connectivity index (χ1n) is 7.71. The molecule has 2 aliphatic heterocycles. The second-order valence-electron chi connectivity index (χ2n) is 5.86. The smallest absolute Gasteiger partial charge is 0.237 e. The lowest BCUT2D eigenvalue weighted by molar-refractivity contribution is -0.125. The van der Waals surface area contributed by atoms with Gasteiger partial charge in [-0.15, -0.1) is 0 Å². The molecule has 2 heterocycles. The molecule has 3 rings (SSSR count). The molecule has 1 fully saturated rings. The van der Waals surface area contributed by atoms with Crippen LogP contribution in [0.25, 0.3) is 0 Å². The summed E-state index contributed by atoms with van der Waals surface area (Å²) in [7, 11) is 0. The fourth-order valence-corrected chi connectivity index (χ4v) is 3.07. The van der Waals surface area contributed by atoms with Crippen molar-refractivity contribution in [1.29, 1.82) is 0 Å². The number of halogens is 1. The first kappa shape index (κ1) is 15.2. The highest BCUT2D eigenvalue weighted by Gasteiger charge is 2.30. The third kappa shape index (κ3) is 3.23. The molecule has 2 unspecified atom stereocenters. The monoisotopic (exact) mass is 308 g/mol. The van der Waals surface area contributed by atoms with Gasteiger partial charge in [-0.05, 0) is 37.0 Å². The van der Waals surface area contributed by atoms with Crippen LogP contribution in [-0.4, -0.2) is 31.8 Å². The molecule has 1 saturated heterocycles. The number of nitrogens with one attached hydrogen (secondary N) is 1. The van der Waals surface area contributed by atoms with Gasteiger partial charge in [-0.3, -0.25) is 4.79 Å². The van der Waals surface area contributed by atoms with Gasteiger partial charge in [-0.25, -0.2) is 4.39 Å². The Hall–Kier alpha value is -1.66. The summed E-state index contributed by atoms with van der Waals surface area (Å²) in [5.41, 5.74) is 6.77. The average Bonchev–Trinajstić information content (AvgIpc) is 2.55. The van der Waals surface area contributed by atoms with Crippen LogP contribution in [0.5, 0.6) is 5.75 Å². The van der Waals surface area contributed by atoms with Gasteiger partial charge in [0.05, 0.1) is 18.7 Å². The molecule has 0 bridgehead atoms. The van der Waals surface area contributed by atoms with Gasteiger partial charge in [0.1, 0.15) is 11.6 Å². The zero-order valence-electron chi connectivity index (χ0n) is 12.4. The third-order valence-corrected chi connectivity index (χ3v) is 4.40. The van der Waals surface area contributed by atoms with Crippen LogP contribution in [0.4, 0.5) is 4.39 Å². The van der Waals surface area contributed by atoms with Crippen molar-refractivity contribution in [3.8, 4) is 5.75 Å². The maximum Gasteiger partial charge on any atom is 0.237 e. The second kappa shape index (κ2) is 6.62. The van der Waals surface area contributed by atoms with Gasteiger partial charge in [0.15, 0.2) is 0 Å². The number of hydrogen-bond acceptors (Lipinski definition) is 4. The van der Waals surface area contributed by atoms with Gasteiger partial charge >= 0.3 is 0 Å². The van der Waals surface area contributed by atoms with Crippen LogP contribution in [0, 0.1) is 11.7 Å². The maximum atomic E-state index is 13.4. The first-order chi connectivity index (χ1) is 10.6. The average molecular weight is 308 g/mol. The van der Waals surface area contributed by atoms with Crippen LogP contribution < -0.4 is 15.8 Å². The second-order valence-corrected chi connectivity index (χ2v) is 5.86. The lowest BCUT2D eigenvalue weighted by Crippen LogP contribution is -2.48. The molecule has 0 aliphatic carbocycles. The van der Waals surface area contributed by atoms with Crippen LogP contribution in [0.2, 0.25) is 0 Å². The van der Waals surface area contributed by atoms with Crippen LogP contribution in [0.15, 0.2) is 18.2 Å². The van der Waals surface area contributed by atoms with E-state index in [4.69, 9.17) is 15.2 Å². The van der Waals surface area contributed by atoms with Gasteiger partial charge in [-0.2, -0.15) is 0 Å². The van der Waals surface area contributed by atoms with Crippen molar-refractivity contribution in [2.45, 2.75) is 31.3 Å². The molecule has 2 aliphatic rings. The molecule has 1 aromatic carbocycles. The predicted molar refractivity (Wildman–Crippen MR) is 78.9 cm³/mol. The van der Waals surface area contributed by atoms with E-state index in [0.29, 0.717) is 37.6 Å². The molecule has 1 aromatic rings. The first-order valence-corrected chi connectivity index (χ1v) is 7.71. The van der Waals surface area contributed by atoms with Crippen LogP contribution in [-0.2, 0) is 9.53 Å². The number of carbonyl (C=O) groups excluding carboxylic acids is 1. The summed E-state index contributed by atoms with van der Waals surface area (Å²) in [4.78, 5) is 12.4. The molecule has 6 heteroatoms. The standard InChI is InChI=1S/C16H21FN2O3/c17-11-1-2-14-12(9-11)13(5-8-22-14)19-16(20)15(18)10-3-6-21-7-4-10/h1-2,9-10,13,15H,3-8,18H2,(H,19,20). The van der Waals surface area contributed by atoms with E-state index >= 15 is 0 Å². The highest BCUT2D eigenvalue weighted by Crippen LogP contribution is 2.32.